The van der Waals surface area contributed by atoms with Crippen molar-refractivity contribution in [2.75, 3.05) is 6.54 Å². The van der Waals surface area contributed by atoms with Crippen LogP contribution in [-0.2, 0) is 0 Å². The predicted molar refractivity (Wildman–Crippen MR) is 68.1 cm³/mol. The molecule has 1 saturated carbocycles. The third kappa shape index (κ3) is 4.14. The molecule has 1 rings (SSSR count). The van der Waals surface area contributed by atoms with Crippen molar-refractivity contribution in [1.29, 1.82) is 0 Å². The van der Waals surface area contributed by atoms with E-state index in [0.717, 1.165) is 24.4 Å². The molecule has 0 aromatic carbocycles. The lowest BCUT2D eigenvalue weighted by atomic mass is 9.87. The summed E-state index contributed by atoms with van der Waals surface area (Å²) >= 11 is 0. The lowest BCUT2D eigenvalue weighted by Gasteiger charge is -2.27. The van der Waals surface area contributed by atoms with Gasteiger partial charge in [0.05, 0.1) is 0 Å². The van der Waals surface area contributed by atoms with E-state index in [0.29, 0.717) is 0 Å². The molecule has 15 heavy (non-hydrogen) atoms. The van der Waals surface area contributed by atoms with Crippen LogP contribution in [0.15, 0.2) is 0 Å². The molecule has 0 radical (unpaired) electrons. The zero-order valence-electron chi connectivity index (χ0n) is 10.9. The second-order valence-electron chi connectivity index (χ2n) is 5.23. The summed E-state index contributed by atoms with van der Waals surface area (Å²) in [6.07, 6.45) is 9.95. The van der Waals surface area contributed by atoms with E-state index in [9.17, 15) is 0 Å². The molecule has 1 nitrogen and oxygen atoms in total. The first-order valence-corrected chi connectivity index (χ1v) is 7.03. The molecule has 1 N–H and O–H groups in total. The van der Waals surface area contributed by atoms with Crippen LogP contribution in [0.25, 0.3) is 0 Å². The molecule has 1 heteroatoms. The van der Waals surface area contributed by atoms with E-state index in [-0.39, 0.29) is 0 Å². The SMILES string of the molecule is CCCCCC(NCC)C1CCCC1C. The third-order valence-electron chi connectivity index (χ3n) is 4.03. The first-order chi connectivity index (χ1) is 7.29. The Morgan fingerprint density at radius 1 is 1.20 bits per heavy atom. The number of nitrogens with one attached hydrogen (secondary N) is 1. The number of unbranched alkanes of at least 4 members (excludes halogenated alkanes) is 2. The van der Waals surface area contributed by atoms with Crippen molar-refractivity contribution in [1.82, 2.24) is 5.32 Å². The number of hydrogen-bond donors (Lipinski definition) is 1. The molecule has 3 unspecified atom stereocenters. The predicted octanol–water partition coefficient (Wildman–Crippen LogP) is 3.98. The summed E-state index contributed by atoms with van der Waals surface area (Å²) < 4.78 is 0. The minimum absolute atomic E-state index is 0.805. The molecule has 0 spiro atoms. The molecule has 0 amide bonds. The van der Waals surface area contributed by atoms with Gasteiger partial charge in [-0.2, -0.15) is 0 Å². The van der Waals surface area contributed by atoms with Crippen LogP contribution in [0, 0.1) is 11.8 Å². The van der Waals surface area contributed by atoms with Gasteiger partial charge in [0.2, 0.25) is 0 Å². The maximum absolute atomic E-state index is 3.71. The van der Waals surface area contributed by atoms with Gasteiger partial charge in [0.1, 0.15) is 0 Å². The number of rotatable bonds is 7. The molecule has 0 aliphatic heterocycles. The van der Waals surface area contributed by atoms with Gasteiger partial charge in [-0.05, 0) is 31.2 Å². The van der Waals surface area contributed by atoms with Crippen LogP contribution in [-0.4, -0.2) is 12.6 Å². The van der Waals surface area contributed by atoms with Crippen molar-refractivity contribution in [3.8, 4) is 0 Å². The minimum Gasteiger partial charge on any atom is -0.314 e. The van der Waals surface area contributed by atoms with Gasteiger partial charge in [-0.25, -0.2) is 0 Å². The first kappa shape index (κ1) is 13.0. The van der Waals surface area contributed by atoms with Gasteiger partial charge >= 0.3 is 0 Å². The van der Waals surface area contributed by atoms with E-state index in [1.165, 1.54) is 44.9 Å². The molecular weight excluding hydrogens is 182 g/mol. The molecule has 0 saturated heterocycles. The van der Waals surface area contributed by atoms with Crippen molar-refractivity contribution in [2.24, 2.45) is 11.8 Å². The van der Waals surface area contributed by atoms with Gasteiger partial charge in [0.15, 0.2) is 0 Å². The second-order valence-corrected chi connectivity index (χ2v) is 5.23. The standard InChI is InChI=1S/C14H29N/c1-4-6-7-11-14(15-5-2)13-10-8-9-12(13)3/h12-15H,4-11H2,1-3H3. The highest BCUT2D eigenvalue weighted by molar-refractivity contribution is 4.84. The van der Waals surface area contributed by atoms with Crippen molar-refractivity contribution >= 4 is 0 Å². The molecule has 3 atom stereocenters. The number of hydrogen-bond acceptors (Lipinski definition) is 1. The van der Waals surface area contributed by atoms with Crippen molar-refractivity contribution < 1.29 is 0 Å². The van der Waals surface area contributed by atoms with Crippen LogP contribution in [0.3, 0.4) is 0 Å². The van der Waals surface area contributed by atoms with Gasteiger partial charge in [0, 0.05) is 6.04 Å². The van der Waals surface area contributed by atoms with Gasteiger partial charge in [0.25, 0.3) is 0 Å². The van der Waals surface area contributed by atoms with Gasteiger partial charge in [-0.15, -0.1) is 0 Å². The Hall–Kier alpha value is -0.0400. The molecule has 1 aliphatic rings. The largest absolute Gasteiger partial charge is 0.314 e. The van der Waals surface area contributed by atoms with E-state index in [1.54, 1.807) is 0 Å². The van der Waals surface area contributed by atoms with E-state index in [1.807, 2.05) is 0 Å². The highest BCUT2D eigenvalue weighted by Gasteiger charge is 2.29. The summed E-state index contributed by atoms with van der Waals surface area (Å²) in [7, 11) is 0. The summed E-state index contributed by atoms with van der Waals surface area (Å²) in [6, 6.07) is 0.805. The fourth-order valence-corrected chi connectivity index (χ4v) is 3.12. The highest BCUT2D eigenvalue weighted by atomic mass is 14.9. The molecule has 0 heterocycles. The van der Waals surface area contributed by atoms with Crippen LogP contribution >= 0.6 is 0 Å². The lowest BCUT2D eigenvalue weighted by Crippen LogP contribution is -2.37. The summed E-state index contributed by atoms with van der Waals surface area (Å²) in [5, 5.41) is 3.71. The zero-order valence-corrected chi connectivity index (χ0v) is 10.9. The van der Waals surface area contributed by atoms with Crippen LogP contribution in [0.5, 0.6) is 0 Å². The quantitative estimate of drug-likeness (QED) is 0.628. The normalized spacial score (nSPS) is 28.2. The van der Waals surface area contributed by atoms with Gasteiger partial charge in [-0.1, -0.05) is 52.9 Å². The van der Waals surface area contributed by atoms with Gasteiger partial charge < -0.3 is 5.32 Å². The van der Waals surface area contributed by atoms with Crippen LogP contribution in [0.1, 0.15) is 65.7 Å². The maximum Gasteiger partial charge on any atom is 0.00977 e. The molecule has 1 aliphatic carbocycles. The maximum atomic E-state index is 3.71. The first-order valence-electron chi connectivity index (χ1n) is 7.03. The molecular formula is C14H29N. The lowest BCUT2D eigenvalue weighted by molar-refractivity contribution is 0.281. The van der Waals surface area contributed by atoms with Crippen molar-refractivity contribution in [2.45, 2.75) is 71.8 Å². The minimum atomic E-state index is 0.805. The Kier molecular flexibility index (Phi) is 6.31. The summed E-state index contributed by atoms with van der Waals surface area (Å²) in [5.74, 6) is 1.91. The van der Waals surface area contributed by atoms with E-state index >= 15 is 0 Å². The summed E-state index contributed by atoms with van der Waals surface area (Å²) in [5.41, 5.74) is 0. The van der Waals surface area contributed by atoms with Crippen molar-refractivity contribution in [3.63, 3.8) is 0 Å². The smallest absolute Gasteiger partial charge is 0.00977 e. The fraction of sp³-hybridized carbons (Fsp3) is 1.00. The highest BCUT2D eigenvalue weighted by Crippen LogP contribution is 2.35. The molecule has 90 valence electrons. The Bertz CT molecular complexity index is 155. The Balaban J connectivity index is 2.34. The topological polar surface area (TPSA) is 12.0 Å². The second kappa shape index (κ2) is 7.27. The molecule has 0 bridgehead atoms. The van der Waals surface area contributed by atoms with E-state index in [4.69, 9.17) is 0 Å². The van der Waals surface area contributed by atoms with E-state index in [2.05, 4.69) is 26.1 Å². The summed E-state index contributed by atoms with van der Waals surface area (Å²) in [4.78, 5) is 0. The monoisotopic (exact) mass is 211 g/mol. The zero-order chi connectivity index (χ0) is 11.1. The van der Waals surface area contributed by atoms with Crippen LogP contribution < -0.4 is 5.32 Å². The molecule has 1 fully saturated rings. The average molecular weight is 211 g/mol. The Morgan fingerprint density at radius 2 is 2.00 bits per heavy atom. The van der Waals surface area contributed by atoms with Crippen molar-refractivity contribution in [3.05, 3.63) is 0 Å². The average Bonchev–Trinajstić information content (AvgIpc) is 2.64. The molecule has 0 aromatic rings. The van der Waals surface area contributed by atoms with Gasteiger partial charge in [-0.3, -0.25) is 0 Å². The fourth-order valence-electron chi connectivity index (χ4n) is 3.12. The summed E-state index contributed by atoms with van der Waals surface area (Å²) in [6.45, 7) is 8.12. The van der Waals surface area contributed by atoms with E-state index < -0.39 is 0 Å². The third-order valence-corrected chi connectivity index (χ3v) is 4.03. The van der Waals surface area contributed by atoms with Crippen LogP contribution in [0.4, 0.5) is 0 Å². The van der Waals surface area contributed by atoms with Crippen LogP contribution in [0.2, 0.25) is 0 Å². The Morgan fingerprint density at radius 3 is 2.53 bits per heavy atom. The Labute approximate surface area is 96.0 Å². The molecule has 0 aromatic heterocycles.